The van der Waals surface area contributed by atoms with Crippen LogP contribution in [-0.2, 0) is 9.53 Å². The summed E-state index contributed by atoms with van der Waals surface area (Å²) >= 11 is 12.7. The SMILES string of the molecule is COC(=O)c1ccc(NC(=O)C2C3CCC4C(CCC32)C4(Cl)Cl)cc1. The van der Waals surface area contributed by atoms with E-state index in [1.54, 1.807) is 24.3 Å². The molecule has 4 atom stereocenters. The van der Waals surface area contributed by atoms with Gasteiger partial charge in [-0.2, -0.15) is 0 Å². The van der Waals surface area contributed by atoms with Crippen molar-refractivity contribution in [3.05, 3.63) is 29.8 Å². The Hall–Kier alpha value is -1.26. The molecule has 0 spiro atoms. The Kier molecular flexibility index (Phi) is 4.24. The maximum absolute atomic E-state index is 12.6. The van der Waals surface area contributed by atoms with E-state index in [0.29, 0.717) is 34.9 Å². The van der Waals surface area contributed by atoms with E-state index in [0.717, 1.165) is 25.7 Å². The third-order valence-corrected chi connectivity index (χ3v) is 7.32. The highest BCUT2D eigenvalue weighted by Crippen LogP contribution is 2.67. The van der Waals surface area contributed by atoms with Crippen LogP contribution >= 0.6 is 23.2 Å². The Labute approximate surface area is 157 Å². The number of nitrogens with one attached hydrogen (secondary N) is 1. The first-order chi connectivity index (χ1) is 11.9. The number of ether oxygens (including phenoxy) is 1. The molecule has 0 aliphatic heterocycles. The molecule has 0 heterocycles. The second-order valence-corrected chi connectivity index (χ2v) is 8.90. The highest BCUT2D eigenvalue weighted by Gasteiger charge is 2.65. The van der Waals surface area contributed by atoms with Crippen molar-refractivity contribution in [1.82, 2.24) is 0 Å². The number of fused-ring (bicyclic) bond motifs is 2. The molecule has 4 unspecified atom stereocenters. The zero-order valence-electron chi connectivity index (χ0n) is 14.0. The van der Waals surface area contributed by atoms with E-state index in [9.17, 15) is 9.59 Å². The molecule has 0 radical (unpaired) electrons. The van der Waals surface area contributed by atoms with E-state index in [2.05, 4.69) is 10.1 Å². The molecule has 1 aromatic rings. The van der Waals surface area contributed by atoms with Crippen LogP contribution in [0.2, 0.25) is 0 Å². The van der Waals surface area contributed by atoms with Gasteiger partial charge in [-0.25, -0.2) is 4.79 Å². The van der Waals surface area contributed by atoms with E-state index < -0.39 is 4.33 Å². The lowest BCUT2D eigenvalue weighted by atomic mass is 10.0. The lowest BCUT2D eigenvalue weighted by Gasteiger charge is -2.06. The number of rotatable bonds is 3. The van der Waals surface area contributed by atoms with E-state index in [1.165, 1.54) is 7.11 Å². The summed E-state index contributed by atoms with van der Waals surface area (Å²) in [7, 11) is 1.35. The fraction of sp³-hybridized carbons (Fsp3) is 0.579. The number of hydrogen-bond acceptors (Lipinski definition) is 3. The summed E-state index contributed by atoms with van der Waals surface area (Å²) < 4.78 is 4.16. The molecule has 0 bridgehead atoms. The molecular weight excluding hydrogens is 361 g/mol. The number of carbonyl (C=O) groups is 2. The van der Waals surface area contributed by atoms with Crippen LogP contribution in [0.25, 0.3) is 0 Å². The van der Waals surface area contributed by atoms with Gasteiger partial charge >= 0.3 is 5.97 Å². The van der Waals surface area contributed by atoms with Gasteiger partial charge in [0.15, 0.2) is 0 Å². The Morgan fingerprint density at radius 1 is 1.04 bits per heavy atom. The molecule has 4 nitrogen and oxygen atoms in total. The minimum absolute atomic E-state index is 0.0828. The molecule has 6 heteroatoms. The number of anilines is 1. The van der Waals surface area contributed by atoms with Gasteiger partial charge in [-0.3, -0.25) is 4.79 Å². The van der Waals surface area contributed by atoms with Crippen LogP contribution in [-0.4, -0.2) is 23.3 Å². The number of amides is 1. The second kappa shape index (κ2) is 6.17. The minimum Gasteiger partial charge on any atom is -0.465 e. The second-order valence-electron chi connectivity index (χ2n) is 7.45. The maximum atomic E-state index is 12.6. The van der Waals surface area contributed by atoms with E-state index in [-0.39, 0.29) is 17.8 Å². The van der Waals surface area contributed by atoms with Crippen molar-refractivity contribution in [2.24, 2.45) is 29.6 Å². The summed E-state index contributed by atoms with van der Waals surface area (Å²) in [5.41, 5.74) is 1.18. The highest BCUT2D eigenvalue weighted by molar-refractivity contribution is 6.51. The molecular formula is C19H21Cl2NO3. The normalized spacial score (nSPS) is 34.6. The average Bonchev–Trinajstić information content (AvgIpc) is 3.39. The van der Waals surface area contributed by atoms with Gasteiger partial charge in [0, 0.05) is 11.6 Å². The van der Waals surface area contributed by atoms with Gasteiger partial charge < -0.3 is 10.1 Å². The molecule has 3 aliphatic carbocycles. The molecule has 25 heavy (non-hydrogen) atoms. The molecule has 0 saturated heterocycles. The van der Waals surface area contributed by atoms with Crippen molar-refractivity contribution in [3.8, 4) is 0 Å². The number of benzene rings is 1. The van der Waals surface area contributed by atoms with Gasteiger partial charge in [0.1, 0.15) is 4.33 Å². The molecule has 1 N–H and O–H groups in total. The van der Waals surface area contributed by atoms with Gasteiger partial charge in [0.05, 0.1) is 12.7 Å². The molecule has 4 rings (SSSR count). The molecule has 0 aromatic heterocycles. The lowest BCUT2D eigenvalue weighted by molar-refractivity contribution is -0.117. The number of hydrogen-bond donors (Lipinski definition) is 1. The van der Waals surface area contributed by atoms with Gasteiger partial charge in [-0.15, -0.1) is 23.2 Å². The largest absolute Gasteiger partial charge is 0.465 e. The van der Waals surface area contributed by atoms with Crippen molar-refractivity contribution in [2.75, 3.05) is 12.4 Å². The van der Waals surface area contributed by atoms with Crippen molar-refractivity contribution < 1.29 is 14.3 Å². The fourth-order valence-electron chi connectivity index (χ4n) is 4.65. The zero-order valence-corrected chi connectivity index (χ0v) is 15.5. The van der Waals surface area contributed by atoms with Crippen LogP contribution in [0.1, 0.15) is 36.0 Å². The van der Waals surface area contributed by atoms with Gasteiger partial charge in [-0.05, 0) is 73.6 Å². The minimum atomic E-state index is -0.518. The summed E-state index contributed by atoms with van der Waals surface area (Å²) in [5.74, 6) is 1.53. The monoisotopic (exact) mass is 381 g/mol. The molecule has 3 saturated carbocycles. The summed E-state index contributed by atoms with van der Waals surface area (Å²) in [5, 5.41) is 2.98. The number of methoxy groups -OCH3 is 1. The van der Waals surface area contributed by atoms with Crippen LogP contribution in [0.3, 0.4) is 0 Å². The molecule has 1 amide bonds. The lowest BCUT2D eigenvalue weighted by Crippen LogP contribution is -2.16. The van der Waals surface area contributed by atoms with Gasteiger partial charge in [0.2, 0.25) is 5.91 Å². The van der Waals surface area contributed by atoms with Crippen LogP contribution in [0.5, 0.6) is 0 Å². The van der Waals surface area contributed by atoms with Crippen LogP contribution < -0.4 is 5.32 Å². The average molecular weight is 382 g/mol. The summed E-state index contributed by atoms with van der Waals surface area (Å²) in [6.45, 7) is 0. The highest BCUT2D eigenvalue weighted by atomic mass is 35.5. The first kappa shape index (κ1) is 17.2. The van der Waals surface area contributed by atoms with E-state index in [4.69, 9.17) is 23.2 Å². The standard InChI is InChI=1S/C19H21Cl2NO3/c1-25-18(24)10-2-4-11(5-3-10)22-17(23)16-12-6-8-14-15(19(14,20)21)9-7-13(12)16/h2-5,12-16H,6-9H2,1H3,(H,22,23). The predicted octanol–water partition coefficient (Wildman–Crippen LogP) is 4.27. The van der Waals surface area contributed by atoms with Crippen molar-refractivity contribution >= 4 is 40.8 Å². The van der Waals surface area contributed by atoms with Crippen LogP contribution in [0.15, 0.2) is 24.3 Å². The first-order valence-corrected chi connectivity index (χ1v) is 9.56. The smallest absolute Gasteiger partial charge is 0.337 e. The molecule has 3 aliphatic rings. The molecule has 134 valence electrons. The van der Waals surface area contributed by atoms with Gasteiger partial charge in [0.25, 0.3) is 0 Å². The van der Waals surface area contributed by atoms with Crippen molar-refractivity contribution in [1.29, 1.82) is 0 Å². The van der Waals surface area contributed by atoms with E-state index >= 15 is 0 Å². The Morgan fingerprint density at radius 2 is 1.60 bits per heavy atom. The quantitative estimate of drug-likeness (QED) is 0.628. The number of halogens is 2. The van der Waals surface area contributed by atoms with Crippen LogP contribution in [0, 0.1) is 29.6 Å². The third-order valence-electron chi connectivity index (χ3n) is 6.20. The maximum Gasteiger partial charge on any atom is 0.337 e. The number of alkyl halides is 2. The summed E-state index contributed by atoms with van der Waals surface area (Å²) in [6.07, 6.45) is 4.12. The predicted molar refractivity (Wildman–Crippen MR) is 96.8 cm³/mol. The van der Waals surface area contributed by atoms with Crippen LogP contribution in [0.4, 0.5) is 5.69 Å². The van der Waals surface area contributed by atoms with Crippen molar-refractivity contribution in [3.63, 3.8) is 0 Å². The third kappa shape index (κ3) is 3.04. The van der Waals surface area contributed by atoms with Gasteiger partial charge in [-0.1, -0.05) is 0 Å². The fourth-order valence-corrected chi connectivity index (χ4v) is 5.56. The molecule has 1 aromatic carbocycles. The van der Waals surface area contributed by atoms with E-state index in [1.807, 2.05) is 0 Å². The Bertz CT molecular complexity index is 681. The molecule has 3 fully saturated rings. The van der Waals surface area contributed by atoms with Crippen molar-refractivity contribution in [2.45, 2.75) is 30.0 Å². The number of carbonyl (C=O) groups excluding carboxylic acids is 2. The zero-order chi connectivity index (χ0) is 17.8. The summed E-state index contributed by atoms with van der Waals surface area (Å²) in [4.78, 5) is 24.1. The topological polar surface area (TPSA) is 55.4 Å². The Morgan fingerprint density at radius 3 is 2.12 bits per heavy atom. The first-order valence-electron chi connectivity index (χ1n) is 8.80. The Balaban J connectivity index is 1.35. The number of esters is 1. The summed E-state index contributed by atoms with van der Waals surface area (Å²) in [6, 6.07) is 6.79.